The van der Waals surface area contributed by atoms with Gasteiger partial charge in [0.1, 0.15) is 0 Å². The van der Waals surface area contributed by atoms with Crippen molar-refractivity contribution in [1.29, 1.82) is 0 Å². The number of nitrogens with one attached hydrogen (secondary N) is 1. The van der Waals surface area contributed by atoms with Crippen LogP contribution in [0.1, 0.15) is 59.8 Å². The van der Waals surface area contributed by atoms with Crippen LogP contribution in [0.3, 0.4) is 0 Å². The Balaban J connectivity index is 2.47. The summed E-state index contributed by atoms with van der Waals surface area (Å²) in [6.07, 6.45) is 5.46. The van der Waals surface area contributed by atoms with Crippen molar-refractivity contribution in [3.8, 4) is 0 Å². The average Bonchev–Trinajstić information content (AvgIpc) is 2.27. The third-order valence-corrected chi connectivity index (χ3v) is 3.47. The Labute approximate surface area is 104 Å². The maximum absolute atomic E-state index is 12.0. The van der Waals surface area contributed by atoms with E-state index in [0.717, 1.165) is 25.7 Å². The number of rotatable bonds is 3. The molecule has 0 bridgehead atoms. The van der Waals surface area contributed by atoms with Gasteiger partial charge in [0.2, 0.25) is 5.91 Å². The molecule has 1 atom stereocenters. The van der Waals surface area contributed by atoms with Crippen LogP contribution < -0.4 is 5.32 Å². The predicted octanol–water partition coefficient (Wildman–Crippen LogP) is 2.69. The molecule has 0 spiro atoms. The highest BCUT2D eigenvalue weighted by Gasteiger charge is 2.29. The molecule has 1 amide bonds. The highest BCUT2D eigenvalue weighted by atomic mass is 16.2. The molecule has 1 rings (SSSR count). The van der Waals surface area contributed by atoms with Gasteiger partial charge >= 0.3 is 0 Å². The summed E-state index contributed by atoms with van der Waals surface area (Å²) in [4.78, 5) is 23.9. The Morgan fingerprint density at radius 1 is 1.12 bits per heavy atom. The van der Waals surface area contributed by atoms with E-state index in [9.17, 15) is 9.59 Å². The summed E-state index contributed by atoms with van der Waals surface area (Å²) in [6, 6.07) is -0.371. The molecule has 3 heteroatoms. The molecule has 17 heavy (non-hydrogen) atoms. The van der Waals surface area contributed by atoms with E-state index in [1.165, 1.54) is 6.42 Å². The number of carbonyl (C=O) groups excluding carboxylic acids is 2. The molecule has 98 valence electrons. The molecule has 0 aromatic carbocycles. The van der Waals surface area contributed by atoms with Crippen molar-refractivity contribution < 1.29 is 9.59 Å². The van der Waals surface area contributed by atoms with Gasteiger partial charge in [0.25, 0.3) is 0 Å². The van der Waals surface area contributed by atoms with Crippen LogP contribution in [0, 0.1) is 11.3 Å². The molecule has 3 nitrogen and oxygen atoms in total. The number of hydrogen-bond donors (Lipinski definition) is 1. The topological polar surface area (TPSA) is 46.2 Å². The standard InChI is InChI=1S/C14H25NO2/c1-10(12(16)14(2,3)4)15-13(17)11-8-6-5-7-9-11/h10-11H,5-9H2,1-4H3,(H,15,17). The molecule has 0 saturated heterocycles. The van der Waals surface area contributed by atoms with Crippen molar-refractivity contribution in [3.63, 3.8) is 0 Å². The Morgan fingerprint density at radius 2 is 1.65 bits per heavy atom. The van der Waals surface area contributed by atoms with Gasteiger partial charge < -0.3 is 5.32 Å². The first-order valence-corrected chi connectivity index (χ1v) is 6.67. The summed E-state index contributed by atoms with van der Waals surface area (Å²) in [5, 5.41) is 2.87. The number of hydrogen-bond acceptors (Lipinski definition) is 2. The van der Waals surface area contributed by atoms with Gasteiger partial charge in [0, 0.05) is 11.3 Å². The van der Waals surface area contributed by atoms with E-state index in [-0.39, 0.29) is 29.1 Å². The van der Waals surface area contributed by atoms with E-state index in [2.05, 4.69) is 5.32 Å². The highest BCUT2D eigenvalue weighted by molar-refractivity contribution is 5.92. The van der Waals surface area contributed by atoms with Crippen LogP contribution >= 0.6 is 0 Å². The summed E-state index contributed by atoms with van der Waals surface area (Å²) in [7, 11) is 0. The van der Waals surface area contributed by atoms with Gasteiger partial charge in [0.15, 0.2) is 5.78 Å². The lowest BCUT2D eigenvalue weighted by Crippen LogP contribution is -2.46. The monoisotopic (exact) mass is 239 g/mol. The second-order valence-corrected chi connectivity index (χ2v) is 6.18. The van der Waals surface area contributed by atoms with Crippen LogP contribution in [-0.4, -0.2) is 17.7 Å². The van der Waals surface area contributed by atoms with Crippen molar-refractivity contribution in [1.82, 2.24) is 5.32 Å². The Hall–Kier alpha value is -0.860. The zero-order valence-corrected chi connectivity index (χ0v) is 11.5. The van der Waals surface area contributed by atoms with Crippen molar-refractivity contribution in [2.24, 2.45) is 11.3 Å². The highest BCUT2D eigenvalue weighted by Crippen LogP contribution is 2.24. The molecule has 1 saturated carbocycles. The molecular formula is C14H25NO2. The van der Waals surface area contributed by atoms with Crippen LogP contribution in [0.15, 0.2) is 0 Å². The van der Waals surface area contributed by atoms with E-state index >= 15 is 0 Å². The molecule has 1 fully saturated rings. The Kier molecular flexibility index (Phi) is 4.72. The first-order chi connectivity index (χ1) is 7.82. The Bertz CT molecular complexity index is 285. The zero-order valence-electron chi connectivity index (χ0n) is 11.5. The van der Waals surface area contributed by atoms with Gasteiger partial charge in [-0.3, -0.25) is 9.59 Å². The number of amides is 1. The SMILES string of the molecule is CC(NC(=O)C1CCCCC1)C(=O)C(C)(C)C. The van der Waals surface area contributed by atoms with Crippen molar-refractivity contribution in [2.75, 3.05) is 0 Å². The van der Waals surface area contributed by atoms with Gasteiger partial charge in [0.05, 0.1) is 6.04 Å². The molecule has 1 N–H and O–H groups in total. The quantitative estimate of drug-likeness (QED) is 0.823. The van der Waals surface area contributed by atoms with Crippen molar-refractivity contribution in [2.45, 2.75) is 65.8 Å². The van der Waals surface area contributed by atoms with Gasteiger partial charge in [-0.15, -0.1) is 0 Å². The van der Waals surface area contributed by atoms with E-state index in [4.69, 9.17) is 0 Å². The summed E-state index contributed by atoms with van der Waals surface area (Å²) < 4.78 is 0. The van der Waals surface area contributed by atoms with E-state index in [0.29, 0.717) is 0 Å². The number of ketones is 1. The molecule has 0 radical (unpaired) electrons. The molecule has 1 aliphatic rings. The summed E-state index contributed by atoms with van der Waals surface area (Å²) in [6.45, 7) is 7.45. The second kappa shape index (κ2) is 5.65. The van der Waals surface area contributed by atoms with Gasteiger partial charge in [-0.25, -0.2) is 0 Å². The van der Waals surface area contributed by atoms with E-state index in [1.807, 2.05) is 20.8 Å². The maximum atomic E-state index is 12.0. The van der Waals surface area contributed by atoms with Crippen LogP contribution in [0.2, 0.25) is 0 Å². The fourth-order valence-corrected chi connectivity index (χ4v) is 2.41. The largest absolute Gasteiger partial charge is 0.346 e. The van der Waals surface area contributed by atoms with E-state index < -0.39 is 0 Å². The first-order valence-electron chi connectivity index (χ1n) is 6.67. The fraction of sp³-hybridized carbons (Fsp3) is 0.857. The van der Waals surface area contributed by atoms with Crippen LogP contribution in [-0.2, 0) is 9.59 Å². The minimum atomic E-state index is -0.390. The zero-order chi connectivity index (χ0) is 13.1. The molecule has 0 aliphatic heterocycles. The third kappa shape index (κ3) is 4.14. The average molecular weight is 239 g/mol. The van der Waals surface area contributed by atoms with Crippen molar-refractivity contribution >= 4 is 11.7 Å². The van der Waals surface area contributed by atoms with Gasteiger partial charge in [-0.05, 0) is 19.8 Å². The lowest BCUT2D eigenvalue weighted by atomic mass is 9.85. The molecule has 1 unspecified atom stereocenters. The first kappa shape index (κ1) is 14.2. The minimum Gasteiger partial charge on any atom is -0.346 e. The van der Waals surface area contributed by atoms with Crippen LogP contribution in [0.25, 0.3) is 0 Å². The lowest BCUT2D eigenvalue weighted by Gasteiger charge is -2.26. The second-order valence-electron chi connectivity index (χ2n) is 6.18. The third-order valence-electron chi connectivity index (χ3n) is 3.47. The normalized spacial score (nSPS) is 19.8. The molecule has 1 aliphatic carbocycles. The summed E-state index contributed by atoms with van der Waals surface area (Å²) in [5.74, 6) is 0.287. The van der Waals surface area contributed by atoms with Crippen LogP contribution in [0.4, 0.5) is 0 Å². The number of Topliss-reactive ketones (excluding diaryl/α,β-unsaturated/α-hetero) is 1. The molecular weight excluding hydrogens is 214 g/mol. The van der Waals surface area contributed by atoms with Gasteiger partial charge in [-0.2, -0.15) is 0 Å². The fourth-order valence-electron chi connectivity index (χ4n) is 2.41. The molecule has 0 aromatic heterocycles. The predicted molar refractivity (Wildman–Crippen MR) is 68.6 cm³/mol. The smallest absolute Gasteiger partial charge is 0.223 e. The summed E-state index contributed by atoms with van der Waals surface area (Å²) >= 11 is 0. The Morgan fingerprint density at radius 3 is 2.12 bits per heavy atom. The van der Waals surface area contributed by atoms with Crippen molar-refractivity contribution in [3.05, 3.63) is 0 Å². The number of carbonyl (C=O) groups is 2. The summed E-state index contributed by atoms with van der Waals surface area (Å²) in [5.41, 5.74) is -0.390. The minimum absolute atomic E-state index is 0.0646. The lowest BCUT2D eigenvalue weighted by molar-refractivity contribution is -0.133. The molecule has 0 heterocycles. The van der Waals surface area contributed by atoms with Gasteiger partial charge in [-0.1, -0.05) is 40.0 Å². The van der Waals surface area contributed by atoms with E-state index in [1.54, 1.807) is 6.92 Å². The van der Waals surface area contributed by atoms with Crippen LogP contribution in [0.5, 0.6) is 0 Å². The maximum Gasteiger partial charge on any atom is 0.223 e. The molecule has 0 aromatic rings.